The first-order chi connectivity index (χ1) is 12.6. The Kier molecular flexibility index (Phi) is 6.73. The van der Waals surface area contributed by atoms with Crippen molar-refractivity contribution in [1.82, 2.24) is 10.9 Å². The van der Waals surface area contributed by atoms with E-state index in [4.69, 9.17) is 27.9 Å². The molecule has 0 heterocycles. The van der Waals surface area contributed by atoms with Crippen LogP contribution in [0.1, 0.15) is 43.6 Å². The van der Waals surface area contributed by atoms with Gasteiger partial charge in [-0.2, -0.15) is 0 Å². The third-order valence-corrected chi connectivity index (χ3v) is 4.41. The molecule has 0 bridgehead atoms. The molecule has 0 aliphatic rings. The first-order valence-electron chi connectivity index (χ1n) is 8.40. The fraction of sp³-hybridized carbons (Fsp3) is 0.300. The summed E-state index contributed by atoms with van der Waals surface area (Å²) in [5.41, 5.74) is 6.28. The van der Waals surface area contributed by atoms with Crippen LogP contribution >= 0.6 is 23.2 Å². The molecule has 2 N–H and O–H groups in total. The van der Waals surface area contributed by atoms with E-state index in [1.807, 2.05) is 12.1 Å². The Morgan fingerprint density at radius 3 is 2.19 bits per heavy atom. The molecule has 2 aromatic rings. The molecule has 144 valence electrons. The van der Waals surface area contributed by atoms with Gasteiger partial charge in [0.05, 0.1) is 5.02 Å². The van der Waals surface area contributed by atoms with Gasteiger partial charge in [0.25, 0.3) is 11.8 Å². The molecule has 0 aliphatic carbocycles. The number of nitrogens with one attached hydrogen (secondary N) is 2. The zero-order chi connectivity index (χ0) is 20.2. The molecule has 0 fully saturated rings. The van der Waals surface area contributed by atoms with E-state index in [1.54, 1.807) is 31.2 Å². The smallest absolute Gasteiger partial charge is 0.279 e. The lowest BCUT2D eigenvalue weighted by molar-refractivity contribution is -0.128. The van der Waals surface area contributed by atoms with E-state index in [2.05, 4.69) is 31.6 Å². The van der Waals surface area contributed by atoms with Crippen molar-refractivity contribution >= 4 is 35.0 Å². The Balaban J connectivity index is 1.91. The zero-order valence-corrected chi connectivity index (χ0v) is 17.1. The molecule has 0 aromatic heterocycles. The van der Waals surface area contributed by atoms with E-state index >= 15 is 0 Å². The van der Waals surface area contributed by atoms with Gasteiger partial charge in [-0.15, -0.1) is 0 Å². The van der Waals surface area contributed by atoms with Crippen molar-refractivity contribution in [2.45, 2.75) is 39.2 Å². The number of hydrazine groups is 1. The van der Waals surface area contributed by atoms with E-state index < -0.39 is 17.9 Å². The molecule has 0 spiro atoms. The number of carbonyl (C=O) groups excluding carboxylic acids is 2. The highest BCUT2D eigenvalue weighted by atomic mass is 35.5. The van der Waals surface area contributed by atoms with Crippen LogP contribution in [0.15, 0.2) is 42.5 Å². The second-order valence-electron chi connectivity index (χ2n) is 7.11. The highest BCUT2D eigenvalue weighted by Gasteiger charge is 2.18. The molecule has 2 aromatic carbocycles. The van der Waals surface area contributed by atoms with Gasteiger partial charge in [-0.3, -0.25) is 20.4 Å². The highest BCUT2D eigenvalue weighted by Crippen LogP contribution is 2.28. The topological polar surface area (TPSA) is 67.4 Å². The van der Waals surface area contributed by atoms with Crippen molar-refractivity contribution in [3.05, 3.63) is 63.6 Å². The summed E-state index contributed by atoms with van der Waals surface area (Å²) in [4.78, 5) is 24.3. The summed E-state index contributed by atoms with van der Waals surface area (Å²) >= 11 is 11.8. The first-order valence-corrected chi connectivity index (χ1v) is 9.16. The summed E-state index contributed by atoms with van der Waals surface area (Å²) in [5.74, 6) is -0.603. The van der Waals surface area contributed by atoms with E-state index in [1.165, 1.54) is 6.07 Å². The van der Waals surface area contributed by atoms with E-state index in [-0.39, 0.29) is 5.41 Å². The van der Waals surface area contributed by atoms with Gasteiger partial charge in [-0.05, 0) is 48.2 Å². The second-order valence-corrected chi connectivity index (χ2v) is 7.95. The van der Waals surface area contributed by atoms with Gasteiger partial charge in [-0.25, -0.2) is 0 Å². The Hall–Kier alpha value is -2.24. The van der Waals surface area contributed by atoms with Crippen LogP contribution in [0.4, 0.5) is 0 Å². The van der Waals surface area contributed by atoms with Crippen LogP contribution in [0, 0.1) is 0 Å². The van der Waals surface area contributed by atoms with Crippen LogP contribution < -0.4 is 15.6 Å². The number of benzene rings is 2. The van der Waals surface area contributed by atoms with Crippen LogP contribution in [-0.4, -0.2) is 17.9 Å². The molecule has 5 nitrogen and oxygen atoms in total. The van der Waals surface area contributed by atoms with Gasteiger partial charge in [0, 0.05) is 10.6 Å². The predicted molar refractivity (Wildman–Crippen MR) is 107 cm³/mol. The largest absolute Gasteiger partial charge is 0.479 e. The number of halogens is 2. The number of rotatable bonds is 4. The maximum Gasteiger partial charge on any atom is 0.279 e. The van der Waals surface area contributed by atoms with Gasteiger partial charge in [0.15, 0.2) is 6.10 Å². The average Bonchev–Trinajstić information content (AvgIpc) is 2.61. The summed E-state index contributed by atoms with van der Waals surface area (Å²) < 4.78 is 5.50. The van der Waals surface area contributed by atoms with Crippen molar-refractivity contribution in [2.24, 2.45) is 0 Å². The van der Waals surface area contributed by atoms with Gasteiger partial charge in [-0.1, -0.05) is 56.1 Å². The summed E-state index contributed by atoms with van der Waals surface area (Å²) in [5, 5.41) is 0.763. The molecule has 1 unspecified atom stereocenters. The minimum Gasteiger partial charge on any atom is -0.479 e. The number of amides is 2. The Labute approximate surface area is 169 Å². The molecule has 2 amide bonds. The summed E-state index contributed by atoms with van der Waals surface area (Å²) in [6.07, 6.45) is -0.868. The Bertz CT molecular complexity index is 830. The van der Waals surface area contributed by atoms with Crippen molar-refractivity contribution in [1.29, 1.82) is 0 Å². The van der Waals surface area contributed by atoms with Crippen LogP contribution in [-0.2, 0) is 10.2 Å². The quantitative estimate of drug-likeness (QED) is 0.730. The van der Waals surface area contributed by atoms with Crippen molar-refractivity contribution in [3.63, 3.8) is 0 Å². The molecule has 0 aliphatic heterocycles. The molecule has 0 radical (unpaired) electrons. The first kappa shape index (κ1) is 21.1. The van der Waals surface area contributed by atoms with Crippen LogP contribution in [0.3, 0.4) is 0 Å². The minimum absolute atomic E-state index is 0.00106. The molecule has 0 saturated carbocycles. The lowest BCUT2D eigenvalue weighted by Gasteiger charge is -2.19. The third kappa shape index (κ3) is 5.88. The molecule has 0 saturated heterocycles. The minimum atomic E-state index is -0.868. The van der Waals surface area contributed by atoms with Gasteiger partial charge in [0.1, 0.15) is 5.75 Å². The SMILES string of the molecule is CC(Oc1ccc(Cl)cc1Cl)C(=O)NNC(=O)c1ccc(C(C)(C)C)cc1. The summed E-state index contributed by atoms with van der Waals surface area (Å²) in [6, 6.07) is 11.9. The van der Waals surface area contributed by atoms with Crippen molar-refractivity contribution in [2.75, 3.05) is 0 Å². The predicted octanol–water partition coefficient (Wildman–Crippen LogP) is 4.52. The normalized spacial score (nSPS) is 12.2. The van der Waals surface area contributed by atoms with Crippen LogP contribution in [0.5, 0.6) is 5.75 Å². The zero-order valence-electron chi connectivity index (χ0n) is 15.6. The average molecular weight is 409 g/mol. The van der Waals surface area contributed by atoms with Crippen LogP contribution in [0.25, 0.3) is 0 Å². The molecule has 2 rings (SSSR count). The second kappa shape index (κ2) is 8.63. The summed E-state index contributed by atoms with van der Waals surface area (Å²) in [6.45, 7) is 7.83. The molecule has 27 heavy (non-hydrogen) atoms. The number of carbonyl (C=O) groups is 2. The van der Waals surface area contributed by atoms with Crippen molar-refractivity contribution < 1.29 is 14.3 Å². The molecule has 1 atom stereocenters. The third-order valence-electron chi connectivity index (χ3n) is 3.88. The lowest BCUT2D eigenvalue weighted by atomic mass is 9.87. The number of hydrogen-bond acceptors (Lipinski definition) is 3. The number of ether oxygens (including phenoxy) is 1. The Morgan fingerprint density at radius 2 is 1.63 bits per heavy atom. The summed E-state index contributed by atoms with van der Waals surface area (Å²) in [7, 11) is 0. The monoisotopic (exact) mass is 408 g/mol. The number of hydrogen-bond donors (Lipinski definition) is 2. The fourth-order valence-corrected chi connectivity index (χ4v) is 2.68. The van der Waals surface area contributed by atoms with Crippen molar-refractivity contribution in [3.8, 4) is 5.75 Å². The van der Waals surface area contributed by atoms with E-state index in [9.17, 15) is 9.59 Å². The van der Waals surface area contributed by atoms with Gasteiger partial charge < -0.3 is 4.74 Å². The molecule has 7 heteroatoms. The molecular formula is C20H22Cl2N2O3. The maximum atomic E-state index is 12.2. The van der Waals surface area contributed by atoms with Gasteiger partial charge >= 0.3 is 0 Å². The Morgan fingerprint density at radius 1 is 1.00 bits per heavy atom. The molecular weight excluding hydrogens is 387 g/mol. The fourth-order valence-electron chi connectivity index (χ4n) is 2.23. The standard InChI is InChI=1S/C20H22Cl2N2O3/c1-12(27-17-10-9-15(21)11-16(17)22)18(25)23-24-19(26)13-5-7-14(8-6-13)20(2,3)4/h5-12H,1-4H3,(H,23,25)(H,24,26). The maximum absolute atomic E-state index is 12.2. The van der Waals surface area contributed by atoms with E-state index in [0.717, 1.165) is 5.56 Å². The van der Waals surface area contributed by atoms with Crippen LogP contribution in [0.2, 0.25) is 10.0 Å². The lowest BCUT2D eigenvalue weighted by Crippen LogP contribution is -2.47. The van der Waals surface area contributed by atoms with Gasteiger partial charge in [0.2, 0.25) is 0 Å². The van der Waals surface area contributed by atoms with E-state index in [0.29, 0.717) is 21.4 Å². The highest BCUT2D eigenvalue weighted by molar-refractivity contribution is 6.35.